The number of nitriles is 1. The Hall–Kier alpha value is -3.88. The minimum Gasteiger partial charge on any atom is -0.462 e. The highest BCUT2D eigenvalue weighted by molar-refractivity contribution is 5.92. The molecule has 3 rings (SSSR count). The molecule has 1 aromatic carbocycles. The quantitative estimate of drug-likeness (QED) is 0.527. The van der Waals surface area contributed by atoms with E-state index < -0.39 is 35.3 Å². The van der Waals surface area contributed by atoms with Crippen LogP contribution in [-0.2, 0) is 10.9 Å². The molecule has 2 aromatic rings. The third-order valence-electron chi connectivity index (χ3n) is 5.12. The molecule has 8 nitrogen and oxygen atoms in total. The van der Waals surface area contributed by atoms with Crippen LogP contribution in [0.2, 0.25) is 0 Å². The van der Waals surface area contributed by atoms with Crippen LogP contribution in [0.4, 0.5) is 33.9 Å². The standard InChI is InChI=1S/C22H21F4N5O3/c1-3-34-20(32)15-11-14(12-27)19(29-18(15)22(24,25)26)30-6-8-31(9-7-30)21(33)28-17-10-13(2)4-5-16(17)23/h4-5,10-11H,3,6-9H2,1-2H3,(H,28,33). The van der Waals surface area contributed by atoms with Crippen LogP contribution in [-0.4, -0.2) is 54.7 Å². The van der Waals surface area contributed by atoms with Gasteiger partial charge in [0, 0.05) is 26.2 Å². The fraction of sp³-hybridized carbons (Fsp3) is 0.364. The van der Waals surface area contributed by atoms with Crippen molar-refractivity contribution in [3.05, 3.63) is 52.5 Å². The van der Waals surface area contributed by atoms with E-state index in [-0.39, 0.29) is 49.9 Å². The Balaban J connectivity index is 1.80. The predicted octanol–water partition coefficient (Wildman–Crippen LogP) is 3.95. The average molecular weight is 479 g/mol. The maximum absolute atomic E-state index is 13.9. The highest BCUT2D eigenvalue weighted by atomic mass is 19.4. The number of piperazine rings is 1. The lowest BCUT2D eigenvalue weighted by Gasteiger charge is -2.36. The number of aromatic nitrogens is 1. The van der Waals surface area contributed by atoms with Crippen molar-refractivity contribution in [2.45, 2.75) is 20.0 Å². The number of nitrogens with one attached hydrogen (secondary N) is 1. The highest BCUT2D eigenvalue weighted by Crippen LogP contribution is 2.34. The van der Waals surface area contributed by atoms with E-state index >= 15 is 0 Å². The number of benzene rings is 1. The van der Waals surface area contributed by atoms with Crippen molar-refractivity contribution in [3.63, 3.8) is 0 Å². The Morgan fingerprint density at radius 3 is 2.47 bits per heavy atom. The number of esters is 1. The summed E-state index contributed by atoms with van der Waals surface area (Å²) in [7, 11) is 0. The lowest BCUT2D eigenvalue weighted by atomic mass is 10.1. The number of halogens is 4. The Bertz CT molecular complexity index is 1140. The van der Waals surface area contributed by atoms with E-state index in [2.05, 4.69) is 15.0 Å². The first-order valence-corrected chi connectivity index (χ1v) is 10.3. The van der Waals surface area contributed by atoms with Gasteiger partial charge in [0.1, 0.15) is 17.7 Å². The Morgan fingerprint density at radius 1 is 1.21 bits per heavy atom. The first kappa shape index (κ1) is 24.8. The summed E-state index contributed by atoms with van der Waals surface area (Å²) in [5.41, 5.74) is -1.74. The van der Waals surface area contributed by atoms with E-state index in [1.165, 1.54) is 28.9 Å². The number of carbonyl (C=O) groups is 2. The number of nitrogens with zero attached hydrogens (tertiary/aromatic N) is 4. The molecule has 0 bridgehead atoms. The van der Waals surface area contributed by atoms with E-state index in [4.69, 9.17) is 0 Å². The lowest BCUT2D eigenvalue weighted by Crippen LogP contribution is -2.50. The first-order valence-electron chi connectivity index (χ1n) is 10.3. The molecule has 2 heterocycles. The summed E-state index contributed by atoms with van der Waals surface area (Å²) in [6.07, 6.45) is -4.95. The molecule has 1 fully saturated rings. The minimum absolute atomic E-state index is 0.0187. The summed E-state index contributed by atoms with van der Waals surface area (Å²) < 4.78 is 59.4. The van der Waals surface area contributed by atoms with E-state index in [1.54, 1.807) is 19.1 Å². The van der Waals surface area contributed by atoms with Crippen molar-refractivity contribution >= 4 is 23.5 Å². The van der Waals surface area contributed by atoms with Crippen molar-refractivity contribution in [1.82, 2.24) is 9.88 Å². The molecule has 0 atom stereocenters. The number of anilines is 2. The molecule has 0 aliphatic carbocycles. The van der Waals surface area contributed by atoms with Gasteiger partial charge in [0.2, 0.25) is 0 Å². The van der Waals surface area contributed by atoms with Crippen LogP contribution in [0.3, 0.4) is 0 Å². The summed E-state index contributed by atoms with van der Waals surface area (Å²) in [6, 6.07) is 6.31. The number of aryl methyl sites for hydroxylation is 1. The van der Waals surface area contributed by atoms with Crippen LogP contribution < -0.4 is 10.2 Å². The number of hydrogen-bond donors (Lipinski definition) is 1. The molecule has 180 valence electrons. The Morgan fingerprint density at radius 2 is 1.88 bits per heavy atom. The molecule has 1 N–H and O–H groups in total. The third-order valence-corrected chi connectivity index (χ3v) is 5.12. The zero-order valence-corrected chi connectivity index (χ0v) is 18.4. The number of pyridine rings is 1. The molecule has 1 saturated heterocycles. The molecular weight excluding hydrogens is 458 g/mol. The Labute approximate surface area is 192 Å². The van der Waals surface area contributed by atoms with Gasteiger partial charge in [0.05, 0.1) is 23.4 Å². The van der Waals surface area contributed by atoms with Gasteiger partial charge in [-0.25, -0.2) is 19.0 Å². The summed E-state index contributed by atoms with van der Waals surface area (Å²) in [5, 5.41) is 12.0. The maximum Gasteiger partial charge on any atom is 0.434 e. The normalized spacial score (nSPS) is 13.9. The molecule has 0 radical (unpaired) electrons. The summed E-state index contributed by atoms with van der Waals surface area (Å²) >= 11 is 0. The van der Waals surface area contributed by atoms with Crippen LogP contribution in [0.25, 0.3) is 0 Å². The van der Waals surface area contributed by atoms with Crippen LogP contribution in [0.15, 0.2) is 24.3 Å². The summed E-state index contributed by atoms with van der Waals surface area (Å²) in [6.45, 7) is 3.37. The zero-order chi connectivity index (χ0) is 25.0. The molecule has 0 unspecified atom stereocenters. The second-order valence-corrected chi connectivity index (χ2v) is 7.47. The molecule has 1 aromatic heterocycles. The molecule has 1 aliphatic rings. The van der Waals surface area contributed by atoms with Crippen molar-refractivity contribution in [3.8, 4) is 6.07 Å². The van der Waals surface area contributed by atoms with Crippen molar-refractivity contribution < 1.29 is 31.9 Å². The van der Waals surface area contributed by atoms with E-state index in [9.17, 15) is 32.4 Å². The van der Waals surface area contributed by atoms with Crippen LogP contribution in [0.5, 0.6) is 0 Å². The topological polar surface area (TPSA) is 98.6 Å². The highest BCUT2D eigenvalue weighted by Gasteiger charge is 2.40. The molecule has 0 saturated carbocycles. The largest absolute Gasteiger partial charge is 0.462 e. The van der Waals surface area contributed by atoms with Gasteiger partial charge in [-0.15, -0.1) is 0 Å². The number of hydrogen-bond acceptors (Lipinski definition) is 6. The van der Waals surface area contributed by atoms with Crippen LogP contribution >= 0.6 is 0 Å². The van der Waals surface area contributed by atoms with Gasteiger partial charge in [-0.05, 0) is 37.6 Å². The van der Waals surface area contributed by atoms with Gasteiger partial charge in [0.15, 0.2) is 5.69 Å². The number of alkyl halides is 3. The second-order valence-electron chi connectivity index (χ2n) is 7.47. The number of ether oxygens (including phenoxy) is 1. The van der Waals surface area contributed by atoms with Crippen LogP contribution in [0.1, 0.15) is 34.1 Å². The minimum atomic E-state index is -4.95. The predicted molar refractivity (Wildman–Crippen MR) is 114 cm³/mol. The first-order chi connectivity index (χ1) is 16.0. The van der Waals surface area contributed by atoms with Gasteiger partial charge < -0.3 is 19.9 Å². The third kappa shape index (κ3) is 5.36. The van der Waals surface area contributed by atoms with Crippen molar-refractivity contribution in [2.24, 2.45) is 0 Å². The second kappa shape index (κ2) is 9.94. The van der Waals surface area contributed by atoms with E-state index in [0.717, 1.165) is 11.6 Å². The van der Waals surface area contributed by atoms with Crippen molar-refractivity contribution in [2.75, 3.05) is 43.0 Å². The SMILES string of the molecule is CCOC(=O)c1cc(C#N)c(N2CCN(C(=O)Nc3cc(C)ccc3F)CC2)nc1C(F)(F)F. The fourth-order valence-electron chi connectivity index (χ4n) is 3.46. The van der Waals surface area contributed by atoms with Gasteiger partial charge in [-0.2, -0.15) is 18.4 Å². The molecular formula is C22H21F4N5O3. The molecule has 1 aliphatic heterocycles. The summed E-state index contributed by atoms with van der Waals surface area (Å²) in [4.78, 5) is 31.0. The van der Waals surface area contributed by atoms with Gasteiger partial charge in [0.25, 0.3) is 0 Å². The number of urea groups is 1. The number of amides is 2. The van der Waals surface area contributed by atoms with E-state index in [1.807, 2.05) is 0 Å². The van der Waals surface area contributed by atoms with Gasteiger partial charge >= 0.3 is 18.2 Å². The monoisotopic (exact) mass is 479 g/mol. The number of rotatable bonds is 4. The maximum atomic E-state index is 13.9. The molecule has 0 spiro atoms. The van der Waals surface area contributed by atoms with Gasteiger partial charge in [-0.1, -0.05) is 6.07 Å². The molecule has 12 heteroatoms. The molecule has 2 amide bonds. The average Bonchev–Trinajstić information content (AvgIpc) is 2.80. The van der Waals surface area contributed by atoms with E-state index in [0.29, 0.717) is 0 Å². The summed E-state index contributed by atoms with van der Waals surface area (Å²) in [5.74, 6) is -2.07. The Kier molecular flexibility index (Phi) is 7.24. The fourth-order valence-corrected chi connectivity index (χ4v) is 3.46. The van der Waals surface area contributed by atoms with Crippen LogP contribution in [0, 0.1) is 24.1 Å². The smallest absolute Gasteiger partial charge is 0.434 e. The molecule has 34 heavy (non-hydrogen) atoms. The zero-order valence-electron chi connectivity index (χ0n) is 18.4. The van der Waals surface area contributed by atoms with Crippen molar-refractivity contribution in [1.29, 1.82) is 5.26 Å². The van der Waals surface area contributed by atoms with Gasteiger partial charge in [-0.3, -0.25) is 0 Å². The number of carbonyl (C=O) groups excluding carboxylic acids is 2. The lowest BCUT2D eigenvalue weighted by molar-refractivity contribution is -0.141.